The third-order valence-electron chi connectivity index (χ3n) is 6.45. The molecule has 1 amide bonds. The van der Waals surface area contributed by atoms with Crippen LogP contribution in [0.5, 0.6) is 11.5 Å². The van der Waals surface area contributed by atoms with Crippen molar-refractivity contribution in [2.24, 2.45) is 10.1 Å². The Bertz CT molecular complexity index is 1820. The van der Waals surface area contributed by atoms with E-state index in [1.54, 1.807) is 18.2 Å². The summed E-state index contributed by atoms with van der Waals surface area (Å²) in [6, 6.07) is 25.2. The Kier molecular flexibility index (Phi) is 7.66. The van der Waals surface area contributed by atoms with Crippen LogP contribution in [-0.2, 0) is 11.4 Å². The smallest absolute Gasteiger partial charge is 0.283 e. The van der Waals surface area contributed by atoms with E-state index in [4.69, 9.17) is 26.5 Å². The summed E-state index contributed by atoms with van der Waals surface area (Å²) in [5.74, 6) is 0.482. The van der Waals surface area contributed by atoms with E-state index in [0.717, 1.165) is 16.3 Å². The number of thioether (sulfide) groups is 1. The van der Waals surface area contributed by atoms with Gasteiger partial charge in [0.25, 0.3) is 5.91 Å². The van der Waals surface area contributed by atoms with Gasteiger partial charge in [-0.1, -0.05) is 72.3 Å². The van der Waals surface area contributed by atoms with Gasteiger partial charge in [0.1, 0.15) is 11.7 Å². The average molecular weight is 646 g/mol. The van der Waals surface area contributed by atoms with Gasteiger partial charge in [0.05, 0.1) is 21.7 Å². The summed E-state index contributed by atoms with van der Waals surface area (Å²) in [6.45, 7) is 2.66. The zero-order chi connectivity index (χ0) is 28.5. The van der Waals surface area contributed by atoms with Crippen molar-refractivity contribution in [3.63, 3.8) is 0 Å². The quantitative estimate of drug-likeness (QED) is 0.207. The van der Waals surface area contributed by atoms with Crippen molar-refractivity contribution in [1.82, 2.24) is 5.01 Å². The van der Waals surface area contributed by atoms with E-state index in [1.165, 1.54) is 16.8 Å². The number of rotatable bonds is 7. The Hall–Kier alpha value is -3.92. The van der Waals surface area contributed by atoms with Crippen LogP contribution in [0.25, 0.3) is 16.8 Å². The number of carbonyl (C=O) groups excluding carboxylic acids is 1. The largest absolute Gasteiger partial charge is 0.490 e. The fraction of sp³-hybridized carbons (Fsp3) is 0.0968. The van der Waals surface area contributed by atoms with Crippen molar-refractivity contribution in [1.29, 1.82) is 5.41 Å². The van der Waals surface area contributed by atoms with Gasteiger partial charge in [-0.05, 0) is 80.8 Å². The molecule has 41 heavy (non-hydrogen) atoms. The van der Waals surface area contributed by atoms with Crippen LogP contribution in [-0.4, -0.2) is 33.6 Å². The standard InChI is InChI=1S/C31H22BrClN4O3S/c1-2-39-26-16-18(15-24(32)27(26)40-17-20-10-7-9-19-8-3-4-11-21(19)20)14-23-28(34)37-31(35-29(23)38)41-30(36-37)22-12-5-6-13-25(22)33/h3-16,34H,2,17H2,1H3/b23-14-,34-28?. The SMILES string of the molecule is CCOc1cc(/C=C2/C(=N)N3N=C(c4ccccc4Cl)SC3=NC2=O)cc(Br)c1OCc1cccc2ccccc12. The van der Waals surface area contributed by atoms with Gasteiger partial charge in [0.15, 0.2) is 17.3 Å². The van der Waals surface area contributed by atoms with Gasteiger partial charge >= 0.3 is 0 Å². The molecule has 0 spiro atoms. The van der Waals surface area contributed by atoms with Crippen molar-refractivity contribution < 1.29 is 14.3 Å². The summed E-state index contributed by atoms with van der Waals surface area (Å²) in [5, 5.41) is 18.3. The lowest BCUT2D eigenvalue weighted by atomic mass is 10.1. The Morgan fingerprint density at radius 3 is 2.66 bits per heavy atom. The Labute approximate surface area is 254 Å². The van der Waals surface area contributed by atoms with E-state index >= 15 is 0 Å². The number of hydrogen-bond acceptors (Lipinski definition) is 6. The highest BCUT2D eigenvalue weighted by molar-refractivity contribution is 9.10. The molecule has 0 aromatic heterocycles. The Morgan fingerprint density at radius 2 is 1.83 bits per heavy atom. The number of amides is 1. The zero-order valence-corrected chi connectivity index (χ0v) is 24.9. The molecule has 0 fully saturated rings. The van der Waals surface area contributed by atoms with Crippen LogP contribution < -0.4 is 9.47 Å². The monoisotopic (exact) mass is 644 g/mol. The van der Waals surface area contributed by atoms with Crippen LogP contribution in [0.2, 0.25) is 5.02 Å². The zero-order valence-electron chi connectivity index (χ0n) is 21.7. The summed E-state index contributed by atoms with van der Waals surface area (Å²) < 4.78 is 12.8. The lowest BCUT2D eigenvalue weighted by Gasteiger charge is -2.20. The predicted octanol–water partition coefficient (Wildman–Crippen LogP) is 7.90. The summed E-state index contributed by atoms with van der Waals surface area (Å²) in [6.07, 6.45) is 1.61. The van der Waals surface area contributed by atoms with Gasteiger partial charge in [-0.25, -0.2) is 0 Å². The molecule has 0 bridgehead atoms. The minimum atomic E-state index is -0.519. The maximum atomic E-state index is 13.0. The first-order valence-corrected chi connectivity index (χ1v) is 14.7. The molecule has 2 aliphatic heterocycles. The number of nitrogens with zero attached hydrogens (tertiary/aromatic N) is 3. The lowest BCUT2D eigenvalue weighted by molar-refractivity contribution is -0.114. The highest BCUT2D eigenvalue weighted by Crippen LogP contribution is 2.39. The summed E-state index contributed by atoms with van der Waals surface area (Å²) in [5.41, 5.74) is 2.52. The highest BCUT2D eigenvalue weighted by atomic mass is 79.9. The molecule has 6 rings (SSSR count). The number of hydrazone groups is 1. The molecule has 4 aromatic rings. The molecule has 0 atom stereocenters. The average Bonchev–Trinajstić information content (AvgIpc) is 3.39. The van der Waals surface area contributed by atoms with E-state index in [0.29, 0.717) is 55.5 Å². The van der Waals surface area contributed by atoms with E-state index in [1.807, 2.05) is 55.5 Å². The third-order valence-corrected chi connectivity index (χ3v) is 8.31. The Morgan fingerprint density at radius 1 is 1.05 bits per heavy atom. The van der Waals surface area contributed by atoms with Crippen LogP contribution in [0.1, 0.15) is 23.6 Å². The molecule has 10 heteroatoms. The van der Waals surface area contributed by atoms with E-state index in [-0.39, 0.29) is 11.4 Å². The summed E-state index contributed by atoms with van der Waals surface area (Å²) >= 11 is 11.2. The number of amidine groups is 2. The second kappa shape index (κ2) is 11.5. The van der Waals surface area contributed by atoms with Crippen LogP contribution in [0.15, 0.2) is 99.0 Å². The number of hydrogen-bond donors (Lipinski definition) is 1. The first-order valence-electron chi connectivity index (χ1n) is 12.7. The number of carbonyl (C=O) groups is 1. The number of nitrogens with one attached hydrogen (secondary N) is 1. The molecule has 0 saturated heterocycles. The molecule has 7 nitrogen and oxygen atoms in total. The Balaban J connectivity index is 1.29. The predicted molar refractivity (Wildman–Crippen MR) is 169 cm³/mol. The minimum Gasteiger partial charge on any atom is -0.490 e. The van der Waals surface area contributed by atoms with Crippen LogP contribution in [0.4, 0.5) is 0 Å². The van der Waals surface area contributed by atoms with Crippen molar-refractivity contribution in [2.45, 2.75) is 13.5 Å². The minimum absolute atomic E-state index is 0.0695. The normalized spacial score (nSPS) is 15.7. The highest BCUT2D eigenvalue weighted by Gasteiger charge is 2.36. The molecule has 2 heterocycles. The van der Waals surface area contributed by atoms with Crippen LogP contribution in [0.3, 0.4) is 0 Å². The van der Waals surface area contributed by atoms with Crippen molar-refractivity contribution in [3.05, 3.63) is 111 Å². The first-order chi connectivity index (χ1) is 19.9. The first kappa shape index (κ1) is 27.3. The maximum absolute atomic E-state index is 13.0. The molecule has 4 aromatic carbocycles. The second-order valence-corrected chi connectivity index (χ2v) is 11.3. The molecule has 204 valence electrons. The number of aliphatic imine (C=N–C) groups is 1. The van der Waals surface area contributed by atoms with Gasteiger partial charge in [0, 0.05) is 5.56 Å². The molecule has 0 aliphatic carbocycles. The maximum Gasteiger partial charge on any atom is 0.283 e. The number of benzene rings is 4. The van der Waals surface area contributed by atoms with Crippen molar-refractivity contribution in [2.75, 3.05) is 6.61 Å². The fourth-order valence-corrected chi connectivity index (χ4v) is 6.33. The van der Waals surface area contributed by atoms with Crippen molar-refractivity contribution in [3.8, 4) is 11.5 Å². The third kappa shape index (κ3) is 5.40. The van der Waals surface area contributed by atoms with Gasteiger partial charge < -0.3 is 9.47 Å². The van der Waals surface area contributed by atoms with Gasteiger partial charge in [-0.3, -0.25) is 10.2 Å². The van der Waals surface area contributed by atoms with Gasteiger partial charge in [-0.2, -0.15) is 15.1 Å². The fourth-order valence-electron chi connectivity index (χ4n) is 4.54. The van der Waals surface area contributed by atoms with Gasteiger partial charge in [0.2, 0.25) is 5.17 Å². The number of fused-ring (bicyclic) bond motifs is 2. The van der Waals surface area contributed by atoms with Crippen LogP contribution in [0, 0.1) is 5.41 Å². The second-order valence-electron chi connectivity index (χ2n) is 9.09. The molecule has 0 saturated carbocycles. The summed E-state index contributed by atoms with van der Waals surface area (Å²) in [4.78, 5) is 17.2. The van der Waals surface area contributed by atoms with E-state index in [9.17, 15) is 4.79 Å². The van der Waals surface area contributed by atoms with E-state index < -0.39 is 5.91 Å². The van der Waals surface area contributed by atoms with Gasteiger partial charge in [-0.15, -0.1) is 0 Å². The molecule has 1 N–H and O–H groups in total. The van der Waals surface area contributed by atoms with Crippen molar-refractivity contribution >= 4 is 78.1 Å². The molecular formula is C31H22BrClN4O3S. The molecule has 2 aliphatic rings. The van der Waals surface area contributed by atoms with E-state index in [2.05, 4.69) is 44.2 Å². The lowest BCUT2D eigenvalue weighted by Crippen LogP contribution is -2.35. The topological polar surface area (TPSA) is 87.3 Å². The van der Waals surface area contributed by atoms with Crippen LogP contribution >= 0.6 is 39.3 Å². The molecular weight excluding hydrogens is 624 g/mol. The molecule has 0 radical (unpaired) electrons. The number of ether oxygens (including phenoxy) is 2. The summed E-state index contributed by atoms with van der Waals surface area (Å²) in [7, 11) is 0. The number of halogens is 2. The molecule has 0 unspecified atom stereocenters.